The van der Waals surface area contributed by atoms with E-state index in [9.17, 15) is 10.1 Å². The van der Waals surface area contributed by atoms with Crippen LogP contribution in [0.2, 0.25) is 0 Å². The summed E-state index contributed by atoms with van der Waals surface area (Å²) < 4.78 is 12.1. The Hall–Kier alpha value is -1.14. The molecule has 0 aromatic heterocycles. The van der Waals surface area contributed by atoms with Crippen molar-refractivity contribution in [2.45, 2.75) is 38.4 Å². The largest absolute Gasteiger partial charge is 0.489 e. The van der Waals surface area contributed by atoms with Crippen LogP contribution in [-0.2, 0) is 4.74 Å². The third-order valence-electron chi connectivity index (χ3n) is 3.10. The average molecular weight is 330 g/mol. The van der Waals surface area contributed by atoms with Gasteiger partial charge in [0, 0.05) is 6.07 Å². The highest BCUT2D eigenvalue weighted by Crippen LogP contribution is 2.32. The maximum absolute atomic E-state index is 10.7. The van der Waals surface area contributed by atoms with Crippen LogP contribution >= 0.6 is 15.9 Å². The van der Waals surface area contributed by atoms with Gasteiger partial charge in [0.05, 0.1) is 27.2 Å². The van der Waals surface area contributed by atoms with Gasteiger partial charge in [-0.05, 0) is 48.7 Å². The highest BCUT2D eigenvalue weighted by molar-refractivity contribution is 9.10. The zero-order valence-corrected chi connectivity index (χ0v) is 12.5. The summed E-state index contributed by atoms with van der Waals surface area (Å²) in [7, 11) is 0. The molecule has 0 amide bonds. The van der Waals surface area contributed by atoms with E-state index in [1.165, 1.54) is 12.1 Å². The minimum Gasteiger partial charge on any atom is -0.489 e. The van der Waals surface area contributed by atoms with E-state index < -0.39 is 4.92 Å². The van der Waals surface area contributed by atoms with Crippen LogP contribution in [0.1, 0.15) is 26.7 Å². The molecule has 2 rings (SSSR count). The number of halogens is 1. The van der Waals surface area contributed by atoms with Crippen molar-refractivity contribution in [1.29, 1.82) is 0 Å². The molecule has 0 saturated carbocycles. The molecule has 104 valence electrons. The number of nitrogens with zero attached hydrogens (tertiary/aromatic N) is 1. The predicted molar refractivity (Wildman–Crippen MR) is 74.5 cm³/mol. The number of nitro benzene ring substituents is 1. The van der Waals surface area contributed by atoms with E-state index in [1.807, 2.05) is 0 Å². The summed E-state index contributed by atoms with van der Waals surface area (Å²) in [6.45, 7) is 4.51. The van der Waals surface area contributed by atoms with E-state index in [0.717, 1.165) is 12.8 Å². The molecule has 6 heteroatoms. The molecule has 1 atom stereocenters. The van der Waals surface area contributed by atoms with E-state index in [2.05, 4.69) is 29.8 Å². The fraction of sp³-hybridized carbons (Fsp3) is 0.538. The molecule has 1 aliphatic rings. The van der Waals surface area contributed by atoms with Crippen molar-refractivity contribution in [3.05, 3.63) is 32.8 Å². The van der Waals surface area contributed by atoms with Gasteiger partial charge in [-0.2, -0.15) is 0 Å². The van der Waals surface area contributed by atoms with Gasteiger partial charge in [-0.15, -0.1) is 0 Å². The second kappa shape index (κ2) is 5.46. The predicted octanol–water partition coefficient (Wildman–Crippen LogP) is 3.69. The number of rotatable bonds is 4. The van der Waals surface area contributed by atoms with Gasteiger partial charge in [0.2, 0.25) is 0 Å². The monoisotopic (exact) mass is 329 g/mol. The van der Waals surface area contributed by atoms with Gasteiger partial charge in [-0.25, -0.2) is 0 Å². The second-order valence-electron chi connectivity index (χ2n) is 5.22. The molecule has 0 bridgehead atoms. The Labute approximate surface area is 120 Å². The molecule has 0 radical (unpaired) electrons. The van der Waals surface area contributed by atoms with Crippen LogP contribution in [0.15, 0.2) is 22.7 Å². The topological polar surface area (TPSA) is 61.6 Å². The zero-order chi connectivity index (χ0) is 14.0. The lowest BCUT2D eigenvalue weighted by molar-refractivity contribution is -0.385. The van der Waals surface area contributed by atoms with Crippen LogP contribution in [0, 0.1) is 10.1 Å². The molecule has 1 aromatic rings. The van der Waals surface area contributed by atoms with Crippen molar-refractivity contribution in [2.75, 3.05) is 6.61 Å². The Kier molecular flexibility index (Phi) is 4.10. The van der Waals surface area contributed by atoms with Crippen molar-refractivity contribution in [2.24, 2.45) is 0 Å². The molecule has 0 aliphatic carbocycles. The van der Waals surface area contributed by atoms with Gasteiger partial charge in [0.25, 0.3) is 5.69 Å². The summed E-state index contributed by atoms with van der Waals surface area (Å²) >= 11 is 3.32. The number of nitro groups is 1. The van der Waals surface area contributed by atoms with Crippen molar-refractivity contribution >= 4 is 21.6 Å². The van der Waals surface area contributed by atoms with Crippen LogP contribution in [0.3, 0.4) is 0 Å². The summed E-state index contributed by atoms with van der Waals surface area (Å²) in [6.07, 6.45) is 1.98. The number of non-ortho nitro benzene ring substituents is 1. The zero-order valence-electron chi connectivity index (χ0n) is 10.9. The third-order valence-corrected chi connectivity index (χ3v) is 3.76. The molecule has 0 N–H and O–H groups in total. The van der Waals surface area contributed by atoms with E-state index >= 15 is 0 Å². The highest BCUT2D eigenvalue weighted by Gasteiger charge is 2.32. The van der Waals surface area contributed by atoms with Crippen LogP contribution in [-0.4, -0.2) is 23.2 Å². The van der Waals surface area contributed by atoms with Crippen LogP contribution < -0.4 is 4.74 Å². The van der Waals surface area contributed by atoms with E-state index in [0.29, 0.717) is 16.8 Å². The van der Waals surface area contributed by atoms with Gasteiger partial charge in [0.1, 0.15) is 12.4 Å². The average Bonchev–Trinajstić information content (AvgIpc) is 2.67. The Morgan fingerprint density at radius 2 is 2.32 bits per heavy atom. The Morgan fingerprint density at radius 1 is 1.58 bits per heavy atom. The second-order valence-corrected chi connectivity index (χ2v) is 6.08. The Morgan fingerprint density at radius 3 is 2.89 bits per heavy atom. The van der Waals surface area contributed by atoms with E-state index in [1.54, 1.807) is 6.07 Å². The lowest BCUT2D eigenvalue weighted by Gasteiger charge is -2.19. The molecule has 1 fully saturated rings. The standard InChI is InChI=1S/C13H16BrNO4/c1-13(2)6-5-10(19-13)8-18-12-7-9(15(16)17)3-4-11(12)14/h3-4,7,10H,5-6,8H2,1-2H3. The van der Waals surface area contributed by atoms with Crippen LogP contribution in [0.4, 0.5) is 5.69 Å². The first kappa shape index (κ1) is 14.3. The fourth-order valence-corrected chi connectivity index (χ4v) is 2.46. The van der Waals surface area contributed by atoms with E-state index in [-0.39, 0.29) is 17.4 Å². The fourth-order valence-electron chi connectivity index (χ4n) is 2.09. The molecule has 1 aliphatic heterocycles. The molecule has 5 nitrogen and oxygen atoms in total. The molecule has 0 spiro atoms. The first-order valence-electron chi connectivity index (χ1n) is 6.12. The molecule has 1 saturated heterocycles. The highest BCUT2D eigenvalue weighted by atomic mass is 79.9. The quantitative estimate of drug-likeness (QED) is 0.624. The Bertz CT molecular complexity index is 490. The van der Waals surface area contributed by atoms with Gasteiger partial charge >= 0.3 is 0 Å². The smallest absolute Gasteiger partial charge is 0.273 e. The molecule has 19 heavy (non-hydrogen) atoms. The lowest BCUT2D eigenvalue weighted by Crippen LogP contribution is -2.23. The van der Waals surface area contributed by atoms with E-state index in [4.69, 9.17) is 9.47 Å². The summed E-state index contributed by atoms with van der Waals surface area (Å²) in [5.74, 6) is 0.475. The third kappa shape index (κ3) is 3.67. The van der Waals surface area contributed by atoms with Gasteiger partial charge < -0.3 is 9.47 Å². The van der Waals surface area contributed by atoms with Crippen LogP contribution in [0.25, 0.3) is 0 Å². The number of benzene rings is 1. The van der Waals surface area contributed by atoms with Crippen molar-refractivity contribution in [3.8, 4) is 5.75 Å². The Balaban J connectivity index is 2.00. The van der Waals surface area contributed by atoms with Crippen molar-refractivity contribution in [1.82, 2.24) is 0 Å². The minimum atomic E-state index is -0.436. The normalized spacial score (nSPS) is 21.3. The number of hydrogen-bond acceptors (Lipinski definition) is 4. The minimum absolute atomic E-state index is 0.0193. The summed E-state index contributed by atoms with van der Waals surface area (Å²) in [5, 5.41) is 10.7. The maximum Gasteiger partial charge on any atom is 0.273 e. The van der Waals surface area contributed by atoms with Gasteiger partial charge in [-0.3, -0.25) is 10.1 Å². The number of hydrogen-bond donors (Lipinski definition) is 0. The van der Waals surface area contributed by atoms with Gasteiger partial charge in [0.15, 0.2) is 0 Å². The molecular formula is C13H16BrNO4. The van der Waals surface area contributed by atoms with Crippen LogP contribution in [0.5, 0.6) is 5.75 Å². The number of ether oxygens (including phenoxy) is 2. The molecule has 1 unspecified atom stereocenters. The molecule has 1 aromatic carbocycles. The van der Waals surface area contributed by atoms with Gasteiger partial charge in [-0.1, -0.05) is 0 Å². The maximum atomic E-state index is 10.7. The summed E-state index contributed by atoms with van der Waals surface area (Å²) in [5.41, 5.74) is -0.0839. The lowest BCUT2D eigenvalue weighted by atomic mass is 10.1. The first-order chi connectivity index (χ1) is 8.87. The molecular weight excluding hydrogens is 314 g/mol. The van der Waals surface area contributed by atoms with Crippen molar-refractivity contribution in [3.63, 3.8) is 0 Å². The summed E-state index contributed by atoms with van der Waals surface area (Å²) in [4.78, 5) is 10.3. The molecule has 1 heterocycles. The summed E-state index contributed by atoms with van der Waals surface area (Å²) in [6, 6.07) is 4.48. The van der Waals surface area contributed by atoms with Crippen molar-refractivity contribution < 1.29 is 14.4 Å². The SMILES string of the molecule is CC1(C)CCC(COc2cc([N+](=O)[O-])ccc2Br)O1. The first-order valence-corrected chi connectivity index (χ1v) is 6.91.